The van der Waals surface area contributed by atoms with Crippen molar-refractivity contribution in [3.05, 3.63) is 168 Å². The minimum atomic E-state index is -0.236. The maximum atomic E-state index is 4.69. The first-order chi connectivity index (χ1) is 23.1. The monoisotopic (exact) mass is 604 g/mol. The third-order valence-electron chi connectivity index (χ3n) is 9.78. The quantitative estimate of drug-likeness (QED) is 0.200. The van der Waals surface area contributed by atoms with Crippen molar-refractivity contribution in [3.63, 3.8) is 0 Å². The fourth-order valence-electron chi connectivity index (χ4n) is 7.50. The van der Waals surface area contributed by atoms with E-state index >= 15 is 0 Å². The zero-order valence-corrected chi connectivity index (χ0v) is 26.3. The smallest absolute Gasteiger partial charge is 0.0723 e. The minimum absolute atomic E-state index is 0.236. The second-order valence-corrected chi connectivity index (χ2v) is 12.7. The SMILES string of the molecule is CC1(C)c2ccc3c(ccn3-c3ccccc3-c3ccccn3)c2C=Cc2c1ccc1ccn(-c3ccccc3-c3ccccn3)c21. The summed E-state index contributed by atoms with van der Waals surface area (Å²) in [6, 6.07) is 42.9. The van der Waals surface area contributed by atoms with E-state index in [4.69, 9.17) is 4.98 Å². The number of benzene rings is 4. The Labute approximate surface area is 273 Å². The predicted octanol–water partition coefficient (Wildman–Crippen LogP) is 10.5. The number of hydrogen-bond acceptors (Lipinski definition) is 2. The Morgan fingerprint density at radius 3 is 1.77 bits per heavy atom. The van der Waals surface area contributed by atoms with Gasteiger partial charge in [0.25, 0.3) is 0 Å². The van der Waals surface area contributed by atoms with Gasteiger partial charge in [-0.15, -0.1) is 0 Å². The molecule has 47 heavy (non-hydrogen) atoms. The number of fused-ring (bicyclic) bond motifs is 6. The molecule has 9 rings (SSSR count). The van der Waals surface area contributed by atoms with Crippen molar-refractivity contribution in [2.24, 2.45) is 0 Å². The van der Waals surface area contributed by atoms with Gasteiger partial charge in [0.1, 0.15) is 0 Å². The molecule has 0 aliphatic heterocycles. The fourth-order valence-corrected chi connectivity index (χ4v) is 7.50. The lowest BCUT2D eigenvalue weighted by Gasteiger charge is -2.29. The van der Waals surface area contributed by atoms with E-state index in [0.29, 0.717) is 0 Å². The molecular formula is C43H32N4. The van der Waals surface area contributed by atoms with Gasteiger partial charge in [0.05, 0.1) is 33.8 Å². The van der Waals surface area contributed by atoms with E-state index in [1.54, 1.807) is 0 Å². The van der Waals surface area contributed by atoms with Crippen molar-refractivity contribution >= 4 is 34.0 Å². The first kappa shape index (κ1) is 27.3. The molecular weight excluding hydrogens is 573 g/mol. The van der Waals surface area contributed by atoms with E-state index in [2.05, 4.69) is 150 Å². The van der Waals surface area contributed by atoms with E-state index < -0.39 is 0 Å². The van der Waals surface area contributed by atoms with Crippen LogP contribution in [0, 0.1) is 0 Å². The summed E-state index contributed by atoms with van der Waals surface area (Å²) in [6.45, 7) is 4.72. The Bertz CT molecular complexity index is 2480. The Kier molecular flexibility index (Phi) is 6.12. The van der Waals surface area contributed by atoms with Gasteiger partial charge >= 0.3 is 0 Å². The molecule has 0 spiro atoms. The van der Waals surface area contributed by atoms with E-state index in [-0.39, 0.29) is 5.41 Å². The normalized spacial score (nSPS) is 13.4. The molecule has 0 amide bonds. The summed E-state index contributed by atoms with van der Waals surface area (Å²) in [5.41, 5.74) is 13.7. The van der Waals surface area contributed by atoms with Crippen LogP contribution in [0.5, 0.6) is 0 Å². The van der Waals surface area contributed by atoms with E-state index in [9.17, 15) is 0 Å². The zero-order valence-electron chi connectivity index (χ0n) is 26.3. The maximum absolute atomic E-state index is 4.69. The van der Waals surface area contributed by atoms with Crippen LogP contribution in [0.25, 0.3) is 67.8 Å². The molecule has 4 aromatic heterocycles. The molecule has 0 atom stereocenters. The van der Waals surface area contributed by atoms with E-state index in [0.717, 1.165) is 33.9 Å². The maximum Gasteiger partial charge on any atom is 0.0723 e. The highest BCUT2D eigenvalue weighted by Crippen LogP contribution is 2.45. The molecule has 0 radical (unpaired) electrons. The highest BCUT2D eigenvalue weighted by atomic mass is 15.0. The molecule has 1 aliphatic rings. The van der Waals surface area contributed by atoms with Gasteiger partial charge in [-0.1, -0.05) is 92.7 Å². The van der Waals surface area contributed by atoms with Gasteiger partial charge in [-0.2, -0.15) is 0 Å². The summed E-state index contributed by atoms with van der Waals surface area (Å²) in [6.07, 6.45) is 12.8. The van der Waals surface area contributed by atoms with Crippen LogP contribution in [0.4, 0.5) is 0 Å². The first-order valence-corrected chi connectivity index (χ1v) is 16.1. The molecule has 4 heterocycles. The summed E-state index contributed by atoms with van der Waals surface area (Å²) in [5, 5.41) is 2.45. The summed E-state index contributed by atoms with van der Waals surface area (Å²) in [7, 11) is 0. The Morgan fingerprint density at radius 2 is 1.09 bits per heavy atom. The standard InChI is InChI=1S/C43H32N4/c1-43(2)35-21-22-41-31(24-28-46(41)39-15-5-3-11-33(39)37-13-7-9-25-44-37)30(35)18-19-32-36(43)20-17-29-23-27-47(42(29)32)40-16-6-4-12-34(40)38-14-8-10-26-45-38/h3-28H,1-2H3. The van der Waals surface area contributed by atoms with Crippen molar-refractivity contribution in [1.82, 2.24) is 19.1 Å². The van der Waals surface area contributed by atoms with E-state index in [1.165, 1.54) is 44.1 Å². The van der Waals surface area contributed by atoms with Gasteiger partial charge in [0.15, 0.2) is 0 Å². The molecule has 0 saturated heterocycles. The number of hydrogen-bond donors (Lipinski definition) is 0. The molecule has 0 bridgehead atoms. The van der Waals surface area contributed by atoms with Crippen LogP contribution in [0.15, 0.2) is 146 Å². The van der Waals surface area contributed by atoms with Crippen molar-refractivity contribution in [2.75, 3.05) is 0 Å². The average Bonchev–Trinajstić information content (AvgIpc) is 3.74. The van der Waals surface area contributed by atoms with Crippen molar-refractivity contribution in [3.8, 4) is 33.9 Å². The summed E-state index contributed by atoms with van der Waals surface area (Å²) in [4.78, 5) is 9.36. The highest BCUT2D eigenvalue weighted by molar-refractivity contribution is 6.01. The summed E-state index contributed by atoms with van der Waals surface area (Å²) >= 11 is 0. The van der Waals surface area contributed by atoms with Gasteiger partial charge in [0, 0.05) is 57.7 Å². The van der Waals surface area contributed by atoms with Gasteiger partial charge in [-0.05, 0) is 71.3 Å². The van der Waals surface area contributed by atoms with Crippen LogP contribution in [0.3, 0.4) is 0 Å². The highest BCUT2D eigenvalue weighted by Gasteiger charge is 2.32. The van der Waals surface area contributed by atoms with Gasteiger partial charge in [-0.25, -0.2) is 0 Å². The van der Waals surface area contributed by atoms with Gasteiger partial charge in [0.2, 0.25) is 0 Å². The van der Waals surface area contributed by atoms with Crippen LogP contribution < -0.4 is 0 Å². The molecule has 4 aromatic carbocycles. The number of pyridine rings is 2. The molecule has 4 heteroatoms. The second-order valence-electron chi connectivity index (χ2n) is 12.7. The topological polar surface area (TPSA) is 35.6 Å². The van der Waals surface area contributed by atoms with Crippen molar-refractivity contribution in [2.45, 2.75) is 19.3 Å². The summed E-state index contributed by atoms with van der Waals surface area (Å²) < 4.78 is 4.64. The molecule has 0 fully saturated rings. The molecule has 8 aromatic rings. The third-order valence-corrected chi connectivity index (χ3v) is 9.78. The molecule has 0 N–H and O–H groups in total. The predicted molar refractivity (Wildman–Crippen MR) is 194 cm³/mol. The van der Waals surface area contributed by atoms with Gasteiger partial charge < -0.3 is 9.13 Å². The molecule has 224 valence electrons. The first-order valence-electron chi connectivity index (χ1n) is 16.1. The van der Waals surface area contributed by atoms with Crippen LogP contribution in [0.2, 0.25) is 0 Å². The Hall–Kier alpha value is -6.00. The van der Waals surface area contributed by atoms with Crippen molar-refractivity contribution < 1.29 is 0 Å². The fraction of sp³-hybridized carbons (Fsp3) is 0.0698. The van der Waals surface area contributed by atoms with Crippen LogP contribution in [0.1, 0.15) is 36.1 Å². The van der Waals surface area contributed by atoms with Crippen molar-refractivity contribution in [1.29, 1.82) is 0 Å². The Morgan fingerprint density at radius 1 is 0.511 bits per heavy atom. The second kappa shape index (κ2) is 10.5. The lowest BCUT2D eigenvalue weighted by molar-refractivity contribution is 0.641. The molecule has 0 saturated carbocycles. The number of rotatable bonds is 4. The third kappa shape index (κ3) is 4.22. The molecule has 1 aliphatic carbocycles. The van der Waals surface area contributed by atoms with Crippen LogP contribution in [-0.2, 0) is 5.41 Å². The zero-order chi connectivity index (χ0) is 31.5. The Balaban J connectivity index is 1.24. The van der Waals surface area contributed by atoms with Crippen LogP contribution >= 0.6 is 0 Å². The van der Waals surface area contributed by atoms with Crippen LogP contribution in [-0.4, -0.2) is 19.1 Å². The number of para-hydroxylation sites is 2. The lowest BCUT2D eigenvalue weighted by Crippen LogP contribution is -2.21. The molecule has 4 nitrogen and oxygen atoms in total. The summed E-state index contributed by atoms with van der Waals surface area (Å²) in [5.74, 6) is 0. The number of aromatic nitrogens is 4. The average molecular weight is 605 g/mol. The van der Waals surface area contributed by atoms with Gasteiger partial charge in [-0.3, -0.25) is 9.97 Å². The minimum Gasteiger partial charge on any atom is -0.316 e. The lowest BCUT2D eigenvalue weighted by atomic mass is 9.75. The van der Waals surface area contributed by atoms with E-state index in [1.807, 2.05) is 36.7 Å². The largest absolute Gasteiger partial charge is 0.316 e. The number of nitrogens with zero attached hydrogens (tertiary/aromatic N) is 4. The molecule has 0 unspecified atom stereocenters.